The minimum atomic E-state index is -0.210. The molecule has 0 bridgehead atoms. The second-order valence-corrected chi connectivity index (χ2v) is 5.77. The number of aromatic nitrogens is 2. The van der Waals surface area contributed by atoms with Crippen molar-refractivity contribution in [1.29, 1.82) is 0 Å². The zero-order valence-corrected chi connectivity index (χ0v) is 12.8. The molecule has 21 heavy (non-hydrogen) atoms. The second kappa shape index (κ2) is 5.71. The predicted molar refractivity (Wildman–Crippen MR) is 86.0 cm³/mol. The van der Waals surface area contributed by atoms with Crippen molar-refractivity contribution in [2.45, 2.75) is 6.92 Å². The van der Waals surface area contributed by atoms with E-state index in [0.717, 1.165) is 17.0 Å². The van der Waals surface area contributed by atoms with Crippen molar-refractivity contribution in [2.75, 3.05) is 5.32 Å². The van der Waals surface area contributed by atoms with Gasteiger partial charge in [0.2, 0.25) is 0 Å². The lowest BCUT2D eigenvalue weighted by molar-refractivity contribution is 0.102. The number of nitrogens with one attached hydrogen (secondary N) is 2. The van der Waals surface area contributed by atoms with Crippen molar-refractivity contribution in [2.24, 2.45) is 0 Å². The van der Waals surface area contributed by atoms with Gasteiger partial charge in [0, 0.05) is 21.5 Å². The molecule has 3 aromatic rings. The van der Waals surface area contributed by atoms with E-state index in [1.54, 1.807) is 35.6 Å². The van der Waals surface area contributed by atoms with Gasteiger partial charge in [-0.05, 0) is 36.6 Å². The third-order valence-corrected chi connectivity index (χ3v) is 3.99. The van der Waals surface area contributed by atoms with Crippen LogP contribution in [0.25, 0.3) is 11.3 Å². The Bertz CT molecular complexity index is 780. The molecule has 0 saturated carbocycles. The van der Waals surface area contributed by atoms with Gasteiger partial charge in [0.1, 0.15) is 5.69 Å². The van der Waals surface area contributed by atoms with Crippen LogP contribution in [0.3, 0.4) is 0 Å². The maximum absolute atomic E-state index is 12.3. The van der Waals surface area contributed by atoms with Crippen LogP contribution in [0.1, 0.15) is 16.1 Å². The first-order chi connectivity index (χ1) is 10.1. The first-order valence-corrected chi connectivity index (χ1v) is 7.61. The molecule has 3 rings (SSSR count). The summed E-state index contributed by atoms with van der Waals surface area (Å²) in [5.74, 6) is -0.210. The lowest BCUT2D eigenvalue weighted by Gasteiger charge is -2.06. The SMILES string of the molecule is Cc1[nH]nc(-c2ccsc2)c1NC(=O)c1cccc(Cl)c1. The highest BCUT2D eigenvalue weighted by molar-refractivity contribution is 7.08. The number of aryl methyl sites for hydroxylation is 1. The van der Waals surface area contributed by atoms with E-state index < -0.39 is 0 Å². The van der Waals surface area contributed by atoms with Gasteiger partial charge in [-0.3, -0.25) is 9.89 Å². The van der Waals surface area contributed by atoms with Gasteiger partial charge in [-0.15, -0.1) is 0 Å². The van der Waals surface area contributed by atoms with Crippen LogP contribution in [0.15, 0.2) is 41.1 Å². The van der Waals surface area contributed by atoms with Crippen molar-refractivity contribution in [3.63, 3.8) is 0 Å². The minimum Gasteiger partial charge on any atom is -0.319 e. The summed E-state index contributed by atoms with van der Waals surface area (Å²) in [5.41, 5.74) is 3.74. The summed E-state index contributed by atoms with van der Waals surface area (Å²) in [7, 11) is 0. The van der Waals surface area contributed by atoms with Gasteiger partial charge in [-0.2, -0.15) is 16.4 Å². The molecule has 4 nitrogen and oxygen atoms in total. The molecular formula is C15H12ClN3OS. The van der Waals surface area contributed by atoms with E-state index in [0.29, 0.717) is 16.3 Å². The number of benzene rings is 1. The molecule has 2 heterocycles. The van der Waals surface area contributed by atoms with E-state index in [1.807, 2.05) is 23.8 Å². The molecule has 0 saturated heterocycles. The van der Waals surface area contributed by atoms with E-state index in [9.17, 15) is 4.79 Å². The Morgan fingerprint density at radius 2 is 2.24 bits per heavy atom. The van der Waals surface area contributed by atoms with Gasteiger partial charge in [0.05, 0.1) is 11.4 Å². The quantitative estimate of drug-likeness (QED) is 0.754. The molecule has 1 amide bonds. The molecule has 6 heteroatoms. The van der Waals surface area contributed by atoms with Gasteiger partial charge >= 0.3 is 0 Å². The van der Waals surface area contributed by atoms with Crippen LogP contribution in [0.5, 0.6) is 0 Å². The number of carbonyl (C=O) groups excluding carboxylic acids is 1. The number of carbonyl (C=O) groups is 1. The van der Waals surface area contributed by atoms with Crippen LogP contribution in [0, 0.1) is 6.92 Å². The summed E-state index contributed by atoms with van der Waals surface area (Å²) in [5, 5.41) is 14.6. The predicted octanol–water partition coefficient (Wildman–Crippen LogP) is 4.35. The maximum Gasteiger partial charge on any atom is 0.255 e. The summed E-state index contributed by atoms with van der Waals surface area (Å²) in [6.45, 7) is 1.87. The van der Waals surface area contributed by atoms with Gasteiger partial charge in [0.25, 0.3) is 5.91 Å². The fraction of sp³-hybridized carbons (Fsp3) is 0.0667. The van der Waals surface area contributed by atoms with Crippen molar-refractivity contribution in [1.82, 2.24) is 10.2 Å². The highest BCUT2D eigenvalue weighted by atomic mass is 35.5. The number of aromatic amines is 1. The van der Waals surface area contributed by atoms with E-state index in [4.69, 9.17) is 11.6 Å². The number of halogens is 1. The molecule has 106 valence electrons. The largest absolute Gasteiger partial charge is 0.319 e. The van der Waals surface area contributed by atoms with Crippen LogP contribution in [0.2, 0.25) is 5.02 Å². The van der Waals surface area contributed by atoms with Gasteiger partial charge < -0.3 is 5.32 Å². The number of amides is 1. The molecule has 0 aliphatic carbocycles. The standard InChI is InChI=1S/C15H12ClN3OS/c1-9-13(14(19-18-9)11-5-6-21-8-11)17-15(20)10-3-2-4-12(16)7-10/h2-8H,1H3,(H,17,20)(H,18,19). The summed E-state index contributed by atoms with van der Waals surface area (Å²) in [6, 6.07) is 8.81. The summed E-state index contributed by atoms with van der Waals surface area (Å²) < 4.78 is 0. The number of hydrogen-bond donors (Lipinski definition) is 2. The highest BCUT2D eigenvalue weighted by Gasteiger charge is 2.16. The first-order valence-electron chi connectivity index (χ1n) is 6.29. The Balaban J connectivity index is 1.92. The van der Waals surface area contributed by atoms with Crippen molar-refractivity contribution >= 4 is 34.5 Å². The first kappa shape index (κ1) is 13.9. The monoisotopic (exact) mass is 317 g/mol. The maximum atomic E-state index is 12.3. The Hall–Kier alpha value is -2.11. The van der Waals surface area contributed by atoms with E-state index in [1.165, 1.54) is 0 Å². The third kappa shape index (κ3) is 2.84. The van der Waals surface area contributed by atoms with Crippen LogP contribution < -0.4 is 5.32 Å². The van der Waals surface area contributed by atoms with Crippen LogP contribution in [-0.2, 0) is 0 Å². The lowest BCUT2D eigenvalue weighted by atomic mass is 10.1. The molecule has 0 radical (unpaired) electrons. The topological polar surface area (TPSA) is 57.8 Å². The smallest absolute Gasteiger partial charge is 0.255 e. The minimum absolute atomic E-state index is 0.210. The van der Waals surface area contributed by atoms with Crippen LogP contribution in [0.4, 0.5) is 5.69 Å². The average Bonchev–Trinajstić information content (AvgIpc) is 3.10. The fourth-order valence-electron chi connectivity index (χ4n) is 2.01. The number of nitrogens with zero attached hydrogens (tertiary/aromatic N) is 1. The molecule has 0 fully saturated rings. The molecule has 2 N–H and O–H groups in total. The number of hydrogen-bond acceptors (Lipinski definition) is 3. The molecule has 2 aromatic heterocycles. The van der Waals surface area contributed by atoms with E-state index in [-0.39, 0.29) is 5.91 Å². The Labute approximate surface area is 130 Å². The zero-order valence-electron chi connectivity index (χ0n) is 11.2. The molecule has 0 unspecified atom stereocenters. The number of thiophene rings is 1. The number of anilines is 1. The van der Waals surface area contributed by atoms with Crippen LogP contribution >= 0.6 is 22.9 Å². The Morgan fingerprint density at radius 1 is 1.38 bits per heavy atom. The van der Waals surface area contributed by atoms with E-state index >= 15 is 0 Å². The van der Waals surface area contributed by atoms with Crippen molar-refractivity contribution < 1.29 is 4.79 Å². The molecular weight excluding hydrogens is 306 g/mol. The summed E-state index contributed by atoms with van der Waals surface area (Å²) in [4.78, 5) is 12.3. The lowest BCUT2D eigenvalue weighted by Crippen LogP contribution is -2.12. The van der Waals surface area contributed by atoms with Crippen molar-refractivity contribution in [3.8, 4) is 11.3 Å². The molecule has 0 aliphatic rings. The fourth-order valence-corrected chi connectivity index (χ4v) is 2.84. The normalized spacial score (nSPS) is 10.6. The number of H-pyrrole nitrogens is 1. The van der Waals surface area contributed by atoms with Gasteiger partial charge in [0.15, 0.2) is 0 Å². The molecule has 0 aliphatic heterocycles. The molecule has 1 aromatic carbocycles. The Kier molecular flexibility index (Phi) is 3.77. The van der Waals surface area contributed by atoms with Crippen molar-refractivity contribution in [3.05, 3.63) is 57.4 Å². The molecule has 0 spiro atoms. The Morgan fingerprint density at radius 3 is 2.95 bits per heavy atom. The van der Waals surface area contributed by atoms with Gasteiger partial charge in [-0.1, -0.05) is 17.7 Å². The van der Waals surface area contributed by atoms with Crippen LogP contribution in [-0.4, -0.2) is 16.1 Å². The second-order valence-electron chi connectivity index (χ2n) is 4.55. The highest BCUT2D eigenvalue weighted by Crippen LogP contribution is 2.30. The van der Waals surface area contributed by atoms with E-state index in [2.05, 4.69) is 15.5 Å². The zero-order chi connectivity index (χ0) is 14.8. The summed E-state index contributed by atoms with van der Waals surface area (Å²) >= 11 is 7.50. The average molecular weight is 318 g/mol. The molecule has 0 atom stereocenters. The third-order valence-electron chi connectivity index (χ3n) is 3.07. The summed E-state index contributed by atoms with van der Waals surface area (Å²) in [6.07, 6.45) is 0. The van der Waals surface area contributed by atoms with Gasteiger partial charge in [-0.25, -0.2) is 0 Å². The number of rotatable bonds is 3.